The van der Waals surface area contributed by atoms with Crippen LogP contribution in [0.25, 0.3) is 0 Å². The predicted octanol–water partition coefficient (Wildman–Crippen LogP) is 1.49. The molecule has 8 heteroatoms. The maximum atomic E-state index is 10.7. The fourth-order valence-electron chi connectivity index (χ4n) is 0.907. The number of carboxylic acid groups (broad SMARTS) is 1. The molecule has 0 bridgehead atoms. The first-order valence-electron chi connectivity index (χ1n) is 4.19. The summed E-state index contributed by atoms with van der Waals surface area (Å²) < 4.78 is 4.70. The fourth-order valence-corrected chi connectivity index (χ4v) is 2.41. The molecule has 0 saturated carbocycles. The molecular weight excluding hydrogens is 248 g/mol. The van der Waals surface area contributed by atoms with E-state index in [1.807, 2.05) is 0 Å². The lowest BCUT2D eigenvalue weighted by molar-refractivity contribution is 0.0689. The number of aromatic nitrogens is 4. The van der Waals surface area contributed by atoms with E-state index < -0.39 is 5.97 Å². The maximum absolute atomic E-state index is 10.7. The highest BCUT2D eigenvalue weighted by atomic mass is 32.2. The second-order valence-corrected chi connectivity index (χ2v) is 4.71. The van der Waals surface area contributed by atoms with Gasteiger partial charge in [-0.15, -0.1) is 0 Å². The highest BCUT2D eigenvalue weighted by molar-refractivity contribution is 8.00. The van der Waals surface area contributed by atoms with Gasteiger partial charge in [0, 0.05) is 6.20 Å². The Morgan fingerprint density at radius 1 is 1.50 bits per heavy atom. The SMILES string of the molecule is Cc1nsc(Sc2nccc(C(=O)O)n2)n1. The van der Waals surface area contributed by atoms with Crippen molar-refractivity contribution in [2.24, 2.45) is 0 Å². The topological polar surface area (TPSA) is 88.9 Å². The summed E-state index contributed by atoms with van der Waals surface area (Å²) in [5.41, 5.74) is -0.0289. The summed E-state index contributed by atoms with van der Waals surface area (Å²) >= 11 is 2.43. The molecule has 2 heterocycles. The zero-order valence-electron chi connectivity index (χ0n) is 8.12. The summed E-state index contributed by atoms with van der Waals surface area (Å²) in [6.45, 7) is 1.79. The average Bonchev–Trinajstić information content (AvgIpc) is 2.64. The van der Waals surface area contributed by atoms with Crippen LogP contribution in [0.15, 0.2) is 21.8 Å². The third-order valence-electron chi connectivity index (χ3n) is 1.54. The first-order valence-corrected chi connectivity index (χ1v) is 5.78. The molecular formula is C8H6N4O2S2. The van der Waals surface area contributed by atoms with Gasteiger partial charge in [0.2, 0.25) is 0 Å². The van der Waals surface area contributed by atoms with Crippen molar-refractivity contribution in [3.05, 3.63) is 23.8 Å². The summed E-state index contributed by atoms with van der Waals surface area (Å²) in [7, 11) is 0. The number of aryl methyl sites for hydroxylation is 1. The monoisotopic (exact) mass is 254 g/mol. The maximum Gasteiger partial charge on any atom is 0.354 e. The van der Waals surface area contributed by atoms with Crippen LogP contribution in [0.1, 0.15) is 16.3 Å². The van der Waals surface area contributed by atoms with E-state index >= 15 is 0 Å². The molecule has 0 amide bonds. The zero-order valence-corrected chi connectivity index (χ0v) is 9.75. The lowest BCUT2D eigenvalue weighted by atomic mass is 10.4. The van der Waals surface area contributed by atoms with Gasteiger partial charge >= 0.3 is 5.97 Å². The fraction of sp³-hybridized carbons (Fsp3) is 0.125. The van der Waals surface area contributed by atoms with Gasteiger partial charge in [0.25, 0.3) is 0 Å². The van der Waals surface area contributed by atoms with Gasteiger partial charge < -0.3 is 5.11 Å². The Kier molecular flexibility index (Phi) is 3.11. The molecule has 2 aromatic heterocycles. The third-order valence-corrected chi connectivity index (χ3v) is 3.26. The van der Waals surface area contributed by atoms with Crippen molar-refractivity contribution in [1.82, 2.24) is 19.3 Å². The standard InChI is InChI=1S/C8H6N4O2S2/c1-4-10-8(16-12-4)15-7-9-3-2-5(11-7)6(13)14/h2-3H,1H3,(H,13,14). The van der Waals surface area contributed by atoms with Gasteiger partial charge in [-0.3, -0.25) is 0 Å². The average molecular weight is 254 g/mol. The van der Waals surface area contributed by atoms with Crippen LogP contribution in [0.5, 0.6) is 0 Å². The van der Waals surface area contributed by atoms with Gasteiger partial charge in [0.05, 0.1) is 0 Å². The number of rotatable bonds is 3. The second-order valence-electron chi connectivity index (χ2n) is 2.74. The molecule has 0 aliphatic heterocycles. The van der Waals surface area contributed by atoms with Crippen LogP contribution in [0.2, 0.25) is 0 Å². The van der Waals surface area contributed by atoms with Crippen molar-refractivity contribution in [1.29, 1.82) is 0 Å². The quantitative estimate of drug-likeness (QED) is 0.830. The largest absolute Gasteiger partial charge is 0.477 e. The number of nitrogens with zero attached hydrogens (tertiary/aromatic N) is 4. The van der Waals surface area contributed by atoms with Crippen molar-refractivity contribution < 1.29 is 9.90 Å². The Labute approximate surface area is 99.0 Å². The number of carboxylic acids is 1. The van der Waals surface area contributed by atoms with E-state index in [0.717, 1.165) is 0 Å². The van der Waals surface area contributed by atoms with Gasteiger partial charge in [-0.1, -0.05) is 0 Å². The summed E-state index contributed by atoms with van der Waals surface area (Å²) in [6.07, 6.45) is 1.41. The van der Waals surface area contributed by atoms with Crippen LogP contribution in [-0.2, 0) is 0 Å². The number of hydrogen-bond acceptors (Lipinski definition) is 7. The first-order chi connectivity index (χ1) is 7.65. The van der Waals surface area contributed by atoms with Crippen molar-refractivity contribution in [2.75, 3.05) is 0 Å². The lowest BCUT2D eigenvalue weighted by Gasteiger charge is -1.96. The van der Waals surface area contributed by atoms with Gasteiger partial charge in [-0.2, -0.15) is 4.37 Å². The van der Waals surface area contributed by atoms with Crippen LogP contribution >= 0.6 is 23.3 Å². The highest BCUT2D eigenvalue weighted by Gasteiger charge is 2.09. The number of carbonyl (C=O) groups is 1. The molecule has 0 unspecified atom stereocenters. The first kappa shape index (κ1) is 11.0. The normalized spacial score (nSPS) is 10.3. The lowest BCUT2D eigenvalue weighted by Crippen LogP contribution is -2.01. The van der Waals surface area contributed by atoms with Crippen molar-refractivity contribution in [3.63, 3.8) is 0 Å². The molecule has 1 N–H and O–H groups in total. The summed E-state index contributed by atoms with van der Waals surface area (Å²) in [4.78, 5) is 22.6. The van der Waals surface area contributed by atoms with Crippen LogP contribution in [0.4, 0.5) is 0 Å². The van der Waals surface area contributed by atoms with Crippen molar-refractivity contribution >= 4 is 29.3 Å². The Morgan fingerprint density at radius 3 is 2.94 bits per heavy atom. The van der Waals surface area contributed by atoms with Gasteiger partial charge in [0.15, 0.2) is 15.2 Å². The summed E-state index contributed by atoms with van der Waals surface area (Å²) in [5.74, 6) is -0.389. The summed E-state index contributed by atoms with van der Waals surface area (Å²) in [5, 5.41) is 9.11. The Balaban J connectivity index is 2.21. The Hall–Kier alpha value is -1.54. The van der Waals surface area contributed by atoms with E-state index in [9.17, 15) is 4.79 Å². The van der Waals surface area contributed by atoms with Crippen LogP contribution in [-0.4, -0.2) is 30.4 Å². The smallest absolute Gasteiger partial charge is 0.354 e. The van der Waals surface area contributed by atoms with Gasteiger partial charge in [-0.25, -0.2) is 19.7 Å². The molecule has 0 fully saturated rings. The van der Waals surface area contributed by atoms with Gasteiger partial charge in [0.1, 0.15) is 5.82 Å². The molecule has 0 aliphatic rings. The molecule has 6 nitrogen and oxygen atoms in total. The molecule has 16 heavy (non-hydrogen) atoms. The van der Waals surface area contributed by atoms with Crippen LogP contribution in [0, 0.1) is 6.92 Å². The number of hydrogen-bond donors (Lipinski definition) is 1. The Bertz CT molecular complexity index is 528. The molecule has 0 radical (unpaired) electrons. The minimum Gasteiger partial charge on any atom is -0.477 e. The molecule has 0 atom stereocenters. The molecule has 0 spiro atoms. The minimum atomic E-state index is -1.07. The van der Waals surface area contributed by atoms with E-state index in [0.29, 0.717) is 15.3 Å². The second kappa shape index (κ2) is 4.54. The predicted molar refractivity (Wildman–Crippen MR) is 57.8 cm³/mol. The molecule has 0 aliphatic carbocycles. The molecule has 0 aromatic carbocycles. The van der Waals surface area contributed by atoms with E-state index in [2.05, 4.69) is 19.3 Å². The highest BCUT2D eigenvalue weighted by Crippen LogP contribution is 2.25. The Morgan fingerprint density at radius 2 is 2.31 bits per heavy atom. The van der Waals surface area contributed by atoms with E-state index in [4.69, 9.17) is 5.11 Å². The van der Waals surface area contributed by atoms with Gasteiger partial charge in [-0.05, 0) is 36.3 Å². The molecule has 0 saturated heterocycles. The van der Waals surface area contributed by atoms with E-state index in [-0.39, 0.29) is 5.69 Å². The van der Waals surface area contributed by atoms with Crippen LogP contribution < -0.4 is 0 Å². The van der Waals surface area contributed by atoms with E-state index in [1.54, 1.807) is 6.92 Å². The molecule has 2 rings (SSSR count). The minimum absolute atomic E-state index is 0.0289. The summed E-state index contributed by atoms with van der Waals surface area (Å²) in [6, 6.07) is 1.34. The molecule has 2 aromatic rings. The zero-order chi connectivity index (χ0) is 11.5. The van der Waals surface area contributed by atoms with Crippen molar-refractivity contribution in [2.45, 2.75) is 16.4 Å². The molecule has 82 valence electrons. The van der Waals surface area contributed by atoms with Crippen LogP contribution in [0.3, 0.4) is 0 Å². The van der Waals surface area contributed by atoms with E-state index in [1.165, 1.54) is 35.6 Å². The van der Waals surface area contributed by atoms with Crippen molar-refractivity contribution in [3.8, 4) is 0 Å². The number of aromatic carboxylic acids is 1. The third kappa shape index (κ3) is 2.52.